The Morgan fingerprint density at radius 2 is 2.20 bits per heavy atom. The molecule has 5 heteroatoms. The number of thiazole rings is 1. The molecular weight excluding hydrogens is 270 g/mol. The number of nitrogens with zero attached hydrogens (tertiary/aromatic N) is 2. The van der Waals surface area contributed by atoms with Crippen LogP contribution in [0.25, 0.3) is 10.6 Å². The minimum atomic E-state index is 0.0387. The number of carbonyl (C=O) groups is 1. The van der Waals surface area contributed by atoms with Gasteiger partial charge in [-0.05, 0) is 6.92 Å². The van der Waals surface area contributed by atoms with E-state index in [9.17, 15) is 4.79 Å². The summed E-state index contributed by atoms with van der Waals surface area (Å²) in [6.45, 7) is 4.44. The van der Waals surface area contributed by atoms with Gasteiger partial charge in [0, 0.05) is 36.6 Å². The zero-order valence-corrected chi connectivity index (χ0v) is 12.2. The first-order valence-corrected chi connectivity index (χ1v) is 7.65. The number of benzene rings is 1. The Morgan fingerprint density at radius 3 is 2.95 bits per heavy atom. The lowest BCUT2D eigenvalue weighted by molar-refractivity contribution is 0.0704. The standard InChI is InChI=1S/C15H17N3OS/c1-11-9-18(8-7-16-11)15(19)13-10-20-14(17-13)12-5-3-2-4-6-12/h2-6,10-11,16H,7-9H2,1H3. The van der Waals surface area contributed by atoms with Crippen LogP contribution in [-0.2, 0) is 0 Å². The number of amides is 1. The number of hydrogen-bond acceptors (Lipinski definition) is 4. The molecule has 0 radical (unpaired) electrons. The van der Waals surface area contributed by atoms with Crippen molar-refractivity contribution in [3.63, 3.8) is 0 Å². The molecule has 0 bridgehead atoms. The molecule has 2 heterocycles. The van der Waals surface area contributed by atoms with Crippen molar-refractivity contribution in [3.05, 3.63) is 41.4 Å². The maximum atomic E-state index is 12.4. The molecule has 1 aliphatic heterocycles. The summed E-state index contributed by atoms with van der Waals surface area (Å²) < 4.78 is 0. The van der Waals surface area contributed by atoms with Crippen LogP contribution >= 0.6 is 11.3 Å². The molecule has 0 aliphatic carbocycles. The summed E-state index contributed by atoms with van der Waals surface area (Å²) in [5.74, 6) is 0.0387. The van der Waals surface area contributed by atoms with Gasteiger partial charge in [0.05, 0.1) is 0 Å². The number of hydrogen-bond donors (Lipinski definition) is 1. The van der Waals surface area contributed by atoms with E-state index >= 15 is 0 Å². The topological polar surface area (TPSA) is 45.2 Å². The summed E-state index contributed by atoms with van der Waals surface area (Å²) in [6, 6.07) is 10.3. The summed E-state index contributed by atoms with van der Waals surface area (Å²) in [5, 5.41) is 6.10. The van der Waals surface area contributed by atoms with Crippen LogP contribution in [0.3, 0.4) is 0 Å². The summed E-state index contributed by atoms with van der Waals surface area (Å²) in [7, 11) is 0. The van der Waals surface area contributed by atoms with E-state index in [4.69, 9.17) is 0 Å². The van der Waals surface area contributed by atoms with Gasteiger partial charge in [0.1, 0.15) is 10.7 Å². The second kappa shape index (κ2) is 5.73. The fraction of sp³-hybridized carbons (Fsp3) is 0.333. The second-order valence-corrected chi connectivity index (χ2v) is 5.87. The third-order valence-corrected chi connectivity index (χ3v) is 4.29. The van der Waals surface area contributed by atoms with Crippen LogP contribution in [0.15, 0.2) is 35.7 Å². The van der Waals surface area contributed by atoms with E-state index in [-0.39, 0.29) is 5.91 Å². The van der Waals surface area contributed by atoms with Crippen LogP contribution in [0.2, 0.25) is 0 Å². The largest absolute Gasteiger partial charge is 0.334 e. The number of nitrogens with one attached hydrogen (secondary N) is 1. The van der Waals surface area contributed by atoms with Gasteiger partial charge in [-0.25, -0.2) is 4.98 Å². The molecule has 1 atom stereocenters. The van der Waals surface area contributed by atoms with Crippen LogP contribution in [0.1, 0.15) is 17.4 Å². The molecule has 1 unspecified atom stereocenters. The first-order valence-electron chi connectivity index (χ1n) is 6.77. The Morgan fingerprint density at radius 1 is 1.40 bits per heavy atom. The van der Waals surface area contributed by atoms with Crippen LogP contribution in [0.5, 0.6) is 0 Å². The monoisotopic (exact) mass is 287 g/mol. The van der Waals surface area contributed by atoms with Crippen molar-refractivity contribution in [1.82, 2.24) is 15.2 Å². The summed E-state index contributed by atoms with van der Waals surface area (Å²) in [5.41, 5.74) is 1.62. The smallest absolute Gasteiger partial charge is 0.273 e. The molecule has 1 aromatic heterocycles. The first kappa shape index (κ1) is 13.3. The first-order chi connectivity index (χ1) is 9.74. The van der Waals surface area contributed by atoms with Gasteiger partial charge in [0.2, 0.25) is 0 Å². The molecule has 20 heavy (non-hydrogen) atoms. The summed E-state index contributed by atoms with van der Waals surface area (Å²) in [4.78, 5) is 18.8. The van der Waals surface area contributed by atoms with Crippen molar-refractivity contribution in [3.8, 4) is 10.6 Å². The van der Waals surface area contributed by atoms with Gasteiger partial charge in [0.15, 0.2) is 0 Å². The normalized spacial score (nSPS) is 19.1. The lowest BCUT2D eigenvalue weighted by Gasteiger charge is -2.31. The highest BCUT2D eigenvalue weighted by Gasteiger charge is 2.23. The van der Waals surface area contributed by atoms with E-state index in [0.29, 0.717) is 11.7 Å². The summed E-state index contributed by atoms with van der Waals surface area (Å²) >= 11 is 1.52. The molecule has 2 aromatic rings. The van der Waals surface area contributed by atoms with Crippen molar-refractivity contribution in [2.45, 2.75) is 13.0 Å². The van der Waals surface area contributed by atoms with Crippen LogP contribution in [0, 0.1) is 0 Å². The van der Waals surface area contributed by atoms with E-state index in [0.717, 1.165) is 30.2 Å². The maximum absolute atomic E-state index is 12.4. The molecule has 1 fully saturated rings. The molecule has 4 nitrogen and oxygen atoms in total. The molecular formula is C15H17N3OS. The number of carbonyl (C=O) groups excluding carboxylic acids is 1. The van der Waals surface area contributed by atoms with Gasteiger partial charge >= 0.3 is 0 Å². The second-order valence-electron chi connectivity index (χ2n) is 5.01. The van der Waals surface area contributed by atoms with Crippen LogP contribution < -0.4 is 5.32 Å². The van der Waals surface area contributed by atoms with E-state index in [1.165, 1.54) is 11.3 Å². The van der Waals surface area contributed by atoms with Crippen molar-refractivity contribution < 1.29 is 4.79 Å². The molecule has 3 rings (SSSR count). The predicted molar refractivity (Wildman–Crippen MR) is 80.9 cm³/mol. The van der Waals surface area contributed by atoms with Gasteiger partial charge in [-0.15, -0.1) is 11.3 Å². The molecule has 0 saturated carbocycles. The zero-order chi connectivity index (χ0) is 13.9. The molecule has 0 spiro atoms. The fourth-order valence-electron chi connectivity index (χ4n) is 2.36. The Hall–Kier alpha value is -1.72. The van der Waals surface area contributed by atoms with Crippen molar-refractivity contribution in [2.75, 3.05) is 19.6 Å². The molecule has 104 valence electrons. The third-order valence-electron chi connectivity index (χ3n) is 3.40. The van der Waals surface area contributed by atoms with Gasteiger partial charge in [0.25, 0.3) is 5.91 Å². The molecule has 1 saturated heterocycles. The van der Waals surface area contributed by atoms with Crippen LogP contribution in [0.4, 0.5) is 0 Å². The lowest BCUT2D eigenvalue weighted by atomic mass is 10.2. The zero-order valence-electron chi connectivity index (χ0n) is 11.4. The van der Waals surface area contributed by atoms with Gasteiger partial charge < -0.3 is 10.2 Å². The summed E-state index contributed by atoms with van der Waals surface area (Å²) in [6.07, 6.45) is 0. The Labute approximate surface area is 122 Å². The van der Waals surface area contributed by atoms with Crippen molar-refractivity contribution >= 4 is 17.2 Å². The Balaban J connectivity index is 1.78. The minimum absolute atomic E-state index is 0.0387. The molecule has 1 aromatic carbocycles. The van der Waals surface area contributed by atoms with Crippen molar-refractivity contribution in [1.29, 1.82) is 0 Å². The van der Waals surface area contributed by atoms with Crippen molar-refractivity contribution in [2.24, 2.45) is 0 Å². The average molecular weight is 287 g/mol. The minimum Gasteiger partial charge on any atom is -0.334 e. The Kier molecular flexibility index (Phi) is 3.80. The third kappa shape index (κ3) is 2.73. The van der Waals surface area contributed by atoms with E-state index < -0.39 is 0 Å². The highest BCUT2D eigenvalue weighted by Crippen LogP contribution is 2.24. The molecule has 1 N–H and O–H groups in total. The maximum Gasteiger partial charge on any atom is 0.273 e. The molecule has 1 aliphatic rings. The van der Waals surface area contributed by atoms with Gasteiger partial charge in [-0.1, -0.05) is 30.3 Å². The Bertz CT molecular complexity index is 596. The number of aromatic nitrogens is 1. The lowest BCUT2D eigenvalue weighted by Crippen LogP contribution is -2.51. The van der Waals surface area contributed by atoms with E-state index in [1.54, 1.807) is 0 Å². The highest BCUT2D eigenvalue weighted by molar-refractivity contribution is 7.13. The SMILES string of the molecule is CC1CN(C(=O)c2csc(-c3ccccc3)n2)CCN1. The van der Waals surface area contributed by atoms with E-state index in [2.05, 4.69) is 17.2 Å². The van der Waals surface area contributed by atoms with Gasteiger partial charge in [-0.2, -0.15) is 0 Å². The number of rotatable bonds is 2. The quantitative estimate of drug-likeness (QED) is 0.921. The average Bonchev–Trinajstić information content (AvgIpc) is 2.97. The predicted octanol–water partition coefficient (Wildman–Crippen LogP) is 2.24. The fourth-order valence-corrected chi connectivity index (χ4v) is 3.16. The highest BCUT2D eigenvalue weighted by atomic mass is 32.1. The number of piperazine rings is 1. The van der Waals surface area contributed by atoms with Crippen LogP contribution in [-0.4, -0.2) is 41.5 Å². The molecule has 1 amide bonds. The van der Waals surface area contributed by atoms with E-state index in [1.807, 2.05) is 40.6 Å². The van der Waals surface area contributed by atoms with Gasteiger partial charge in [-0.3, -0.25) is 4.79 Å².